The molecule has 0 amide bonds. The second-order valence-electron chi connectivity index (χ2n) is 4.07. The Morgan fingerprint density at radius 3 is 2.50 bits per heavy atom. The molecule has 3 rings (SSSR count). The van der Waals surface area contributed by atoms with E-state index in [4.69, 9.17) is 4.74 Å². The van der Waals surface area contributed by atoms with Crippen molar-refractivity contribution in [3.05, 3.63) is 53.6 Å². The van der Waals surface area contributed by atoms with Gasteiger partial charge in [-0.2, -0.15) is 0 Å². The van der Waals surface area contributed by atoms with Crippen LogP contribution in [0.25, 0.3) is 0 Å². The standard InChI is InChI=1S/C14H10O4/c15-10-7-6-9(13-14(10)18-13)12(17)11(16)8-4-2-1-3-5-8/h1-7,11,15-16H. The van der Waals surface area contributed by atoms with Crippen LogP contribution in [0.3, 0.4) is 0 Å². The lowest BCUT2D eigenvalue weighted by molar-refractivity contribution is 0.0747. The Kier molecular flexibility index (Phi) is 2.31. The molecule has 1 atom stereocenters. The number of aromatic hydroxyl groups is 1. The number of phenolic OH excluding ortho intramolecular Hbond substituents is 1. The first-order valence-electron chi connectivity index (χ1n) is 5.49. The maximum absolute atomic E-state index is 12.1. The average Bonchev–Trinajstić information content (AvgIpc) is 3.20. The molecule has 2 N–H and O–H groups in total. The summed E-state index contributed by atoms with van der Waals surface area (Å²) in [6, 6.07) is 11.5. The van der Waals surface area contributed by atoms with Crippen molar-refractivity contribution in [1.82, 2.24) is 0 Å². The van der Waals surface area contributed by atoms with Gasteiger partial charge in [0.15, 0.2) is 17.3 Å². The predicted molar refractivity (Wildman–Crippen MR) is 63.9 cm³/mol. The molecule has 1 aliphatic rings. The molecule has 0 saturated carbocycles. The number of Topliss-reactive ketones (excluding diaryl/α,β-unsaturated/α-hetero) is 1. The zero-order chi connectivity index (χ0) is 12.7. The van der Waals surface area contributed by atoms with E-state index in [9.17, 15) is 15.0 Å². The summed E-state index contributed by atoms with van der Waals surface area (Å²) in [5.74, 6) is 0.252. The minimum absolute atomic E-state index is 0.00995. The van der Waals surface area contributed by atoms with Crippen LogP contribution in [-0.2, 0) is 0 Å². The van der Waals surface area contributed by atoms with Gasteiger partial charge >= 0.3 is 0 Å². The number of hydrogen-bond acceptors (Lipinski definition) is 4. The molecule has 0 spiro atoms. The van der Waals surface area contributed by atoms with Gasteiger partial charge in [0, 0.05) is 0 Å². The minimum atomic E-state index is -1.22. The number of aliphatic hydroxyl groups is 1. The van der Waals surface area contributed by atoms with Crippen LogP contribution in [0.2, 0.25) is 0 Å². The first-order valence-corrected chi connectivity index (χ1v) is 5.49. The minimum Gasteiger partial charge on any atom is -0.504 e. The molecule has 90 valence electrons. The van der Waals surface area contributed by atoms with E-state index < -0.39 is 11.9 Å². The molecule has 18 heavy (non-hydrogen) atoms. The Labute approximate surface area is 103 Å². The molecule has 0 aromatic heterocycles. The van der Waals surface area contributed by atoms with Gasteiger partial charge in [-0.15, -0.1) is 0 Å². The van der Waals surface area contributed by atoms with Crippen molar-refractivity contribution in [1.29, 1.82) is 0 Å². The quantitative estimate of drug-likeness (QED) is 0.546. The molecule has 0 radical (unpaired) electrons. The fourth-order valence-electron chi connectivity index (χ4n) is 1.86. The van der Waals surface area contributed by atoms with Crippen LogP contribution in [-0.4, -0.2) is 16.0 Å². The molecule has 2 aromatic carbocycles. The van der Waals surface area contributed by atoms with Crippen LogP contribution in [0.4, 0.5) is 0 Å². The van der Waals surface area contributed by atoms with Crippen molar-refractivity contribution in [3.8, 4) is 17.2 Å². The average molecular weight is 242 g/mol. The van der Waals surface area contributed by atoms with Gasteiger partial charge < -0.3 is 14.9 Å². The molecule has 1 heterocycles. The molecule has 0 aliphatic carbocycles. The smallest absolute Gasteiger partial charge is 0.212 e. The number of fused-ring (bicyclic) bond motifs is 1. The molecule has 4 heteroatoms. The van der Waals surface area contributed by atoms with Crippen molar-refractivity contribution in [2.45, 2.75) is 6.10 Å². The lowest BCUT2D eigenvalue weighted by Crippen LogP contribution is -2.11. The van der Waals surface area contributed by atoms with Gasteiger partial charge in [0.1, 0.15) is 6.10 Å². The van der Waals surface area contributed by atoms with Crippen molar-refractivity contribution in [3.63, 3.8) is 0 Å². The summed E-state index contributed by atoms with van der Waals surface area (Å²) >= 11 is 0. The van der Waals surface area contributed by atoms with Gasteiger partial charge in [-0.05, 0) is 17.7 Å². The number of hydrogen-bond donors (Lipinski definition) is 2. The Bertz CT molecular complexity index is 619. The first-order chi connectivity index (χ1) is 8.68. The summed E-state index contributed by atoms with van der Waals surface area (Å²) in [5.41, 5.74) is 0.823. The maximum atomic E-state index is 12.1. The zero-order valence-corrected chi connectivity index (χ0v) is 9.33. The Hall–Kier alpha value is -2.33. The number of benzene rings is 2. The lowest BCUT2D eigenvalue weighted by Gasteiger charge is -2.08. The SMILES string of the molecule is O=C(c1ccc(O)c2c1O2)C(O)c1ccccc1. The summed E-state index contributed by atoms with van der Waals surface area (Å²) in [5, 5.41) is 19.3. The van der Waals surface area contributed by atoms with Crippen LogP contribution >= 0.6 is 0 Å². The number of rotatable bonds is 3. The van der Waals surface area contributed by atoms with Crippen LogP contribution in [0.1, 0.15) is 22.0 Å². The number of aliphatic hydroxyl groups excluding tert-OH is 1. The Balaban J connectivity index is 1.92. The zero-order valence-electron chi connectivity index (χ0n) is 9.33. The molecular formula is C14H10O4. The third-order valence-electron chi connectivity index (χ3n) is 2.88. The van der Waals surface area contributed by atoms with Gasteiger partial charge in [-0.3, -0.25) is 4.79 Å². The second kappa shape index (κ2) is 3.85. The maximum Gasteiger partial charge on any atom is 0.212 e. The van der Waals surface area contributed by atoms with Crippen LogP contribution in [0, 0.1) is 0 Å². The number of ketones is 1. The normalized spacial score (nSPS) is 13.4. The first kappa shape index (κ1) is 10.8. The highest BCUT2D eigenvalue weighted by atomic mass is 16.6. The second-order valence-corrected chi connectivity index (χ2v) is 4.07. The van der Waals surface area contributed by atoms with Gasteiger partial charge in [-0.25, -0.2) is 0 Å². The summed E-state index contributed by atoms with van der Waals surface area (Å²) in [6.07, 6.45) is -1.22. The fourth-order valence-corrected chi connectivity index (χ4v) is 1.86. The molecule has 0 fully saturated rings. The van der Waals surface area contributed by atoms with E-state index in [2.05, 4.69) is 0 Å². The Morgan fingerprint density at radius 2 is 1.78 bits per heavy atom. The predicted octanol–water partition coefficient (Wildman–Crippen LogP) is 2.41. The molecular weight excluding hydrogens is 232 g/mol. The van der Waals surface area contributed by atoms with E-state index in [1.807, 2.05) is 6.07 Å². The third-order valence-corrected chi connectivity index (χ3v) is 2.88. The van der Waals surface area contributed by atoms with Crippen molar-refractivity contribution >= 4 is 5.78 Å². The Morgan fingerprint density at radius 1 is 1.06 bits per heavy atom. The van der Waals surface area contributed by atoms with E-state index in [0.29, 0.717) is 22.6 Å². The number of carbonyl (C=O) groups excluding carboxylic acids is 1. The summed E-state index contributed by atoms with van der Waals surface area (Å²) in [6.45, 7) is 0. The molecule has 4 nitrogen and oxygen atoms in total. The largest absolute Gasteiger partial charge is 0.504 e. The van der Waals surface area contributed by atoms with E-state index in [-0.39, 0.29) is 5.75 Å². The van der Waals surface area contributed by atoms with E-state index >= 15 is 0 Å². The van der Waals surface area contributed by atoms with Gasteiger partial charge in [-0.1, -0.05) is 30.3 Å². The van der Waals surface area contributed by atoms with E-state index in [0.717, 1.165) is 0 Å². The van der Waals surface area contributed by atoms with E-state index in [1.54, 1.807) is 24.3 Å². The molecule has 2 aromatic rings. The van der Waals surface area contributed by atoms with Crippen molar-refractivity contribution in [2.24, 2.45) is 0 Å². The van der Waals surface area contributed by atoms with Crippen LogP contribution < -0.4 is 4.74 Å². The van der Waals surface area contributed by atoms with Gasteiger partial charge in [0.2, 0.25) is 5.75 Å². The number of phenols is 1. The summed E-state index contributed by atoms with van der Waals surface area (Å²) in [7, 11) is 0. The van der Waals surface area contributed by atoms with Crippen molar-refractivity contribution < 1.29 is 19.7 Å². The van der Waals surface area contributed by atoms with Gasteiger partial charge in [0.25, 0.3) is 0 Å². The molecule has 0 saturated heterocycles. The fraction of sp³-hybridized carbons (Fsp3) is 0.0714. The molecule has 1 unspecified atom stereocenters. The molecule has 1 aliphatic heterocycles. The van der Waals surface area contributed by atoms with Gasteiger partial charge in [0.05, 0.1) is 5.56 Å². The molecule has 0 bridgehead atoms. The summed E-state index contributed by atoms with van der Waals surface area (Å²) in [4.78, 5) is 12.1. The highest BCUT2D eigenvalue weighted by Gasteiger charge is 2.34. The van der Waals surface area contributed by atoms with Crippen LogP contribution in [0.5, 0.6) is 17.2 Å². The highest BCUT2D eigenvalue weighted by molar-refractivity contribution is 6.04. The third kappa shape index (κ3) is 1.63. The summed E-state index contributed by atoms with van der Waals surface area (Å²) < 4.78 is 5.02. The lowest BCUT2D eigenvalue weighted by atomic mass is 10.00. The van der Waals surface area contributed by atoms with E-state index in [1.165, 1.54) is 12.1 Å². The monoisotopic (exact) mass is 242 g/mol. The number of ether oxygens (including phenoxy) is 1. The van der Waals surface area contributed by atoms with Crippen molar-refractivity contribution in [2.75, 3.05) is 0 Å². The topological polar surface area (TPSA) is 70.1 Å². The number of carbonyl (C=O) groups is 1. The van der Waals surface area contributed by atoms with Crippen LogP contribution in [0.15, 0.2) is 42.5 Å². The highest BCUT2D eigenvalue weighted by Crippen LogP contribution is 2.54.